The molecule has 1 atom stereocenters. The second kappa shape index (κ2) is 9.09. The Bertz CT molecular complexity index is 1130. The van der Waals surface area contributed by atoms with Crippen LogP contribution in [0.5, 0.6) is 0 Å². The van der Waals surface area contributed by atoms with Crippen molar-refractivity contribution in [1.29, 1.82) is 0 Å². The molecule has 3 aromatic rings. The van der Waals surface area contributed by atoms with Crippen LogP contribution < -0.4 is 5.32 Å². The van der Waals surface area contributed by atoms with E-state index in [4.69, 9.17) is 4.99 Å². The topological polar surface area (TPSA) is 44.7 Å². The molecule has 0 aromatic heterocycles. The van der Waals surface area contributed by atoms with Crippen molar-refractivity contribution in [3.8, 4) is 0 Å². The number of benzene rings is 3. The molecule has 162 valence electrons. The number of nitrogens with one attached hydrogen (secondary N) is 1. The van der Waals surface area contributed by atoms with Crippen LogP contribution in [0.3, 0.4) is 0 Å². The first kappa shape index (κ1) is 20.7. The summed E-state index contributed by atoms with van der Waals surface area (Å²) in [5.41, 5.74) is 6.96. The molecule has 1 N–H and O–H groups in total. The van der Waals surface area contributed by atoms with E-state index in [0.717, 1.165) is 40.3 Å². The molecule has 3 aromatic carbocycles. The van der Waals surface area contributed by atoms with Crippen LogP contribution in [0.25, 0.3) is 0 Å². The number of likely N-dealkylation sites (tertiary alicyclic amines) is 1. The standard InChI is InChI=1S/C28H29N3O/c1-20-10-15-24-25(18-20)30-28(32)26(24)27(22-8-4-2-5-9-22)29-23-13-11-21(12-14-23)19-31-16-6-3-7-17-31/h2,4-5,8-15,18,26H,3,6-7,16-17,19H2,1H3,(H,30,32). The number of fused-ring (bicyclic) bond motifs is 1. The first-order valence-corrected chi connectivity index (χ1v) is 11.5. The van der Waals surface area contributed by atoms with Crippen LogP contribution in [0.4, 0.5) is 11.4 Å². The molecule has 2 aliphatic heterocycles. The number of hydrogen-bond donors (Lipinski definition) is 1. The molecule has 4 heteroatoms. The van der Waals surface area contributed by atoms with Crippen LogP contribution in [0, 0.1) is 6.92 Å². The summed E-state index contributed by atoms with van der Waals surface area (Å²) in [5.74, 6) is -0.434. The van der Waals surface area contributed by atoms with Crippen molar-refractivity contribution in [3.63, 3.8) is 0 Å². The summed E-state index contributed by atoms with van der Waals surface area (Å²) in [7, 11) is 0. The predicted octanol–water partition coefficient (Wildman–Crippen LogP) is 5.84. The maximum Gasteiger partial charge on any atom is 0.238 e. The van der Waals surface area contributed by atoms with Crippen molar-refractivity contribution >= 4 is 23.0 Å². The Morgan fingerprint density at radius 3 is 2.47 bits per heavy atom. The van der Waals surface area contributed by atoms with Gasteiger partial charge in [0, 0.05) is 12.2 Å². The second-order valence-corrected chi connectivity index (χ2v) is 8.88. The van der Waals surface area contributed by atoms with Gasteiger partial charge in [-0.25, -0.2) is 0 Å². The maximum absolute atomic E-state index is 13.0. The normalized spacial score (nSPS) is 19.0. The Balaban J connectivity index is 1.48. The number of amides is 1. The van der Waals surface area contributed by atoms with Gasteiger partial charge in [-0.15, -0.1) is 0 Å². The van der Waals surface area contributed by atoms with Crippen LogP contribution in [-0.4, -0.2) is 29.6 Å². The Kier molecular flexibility index (Phi) is 5.87. The molecule has 1 amide bonds. The van der Waals surface area contributed by atoms with Crippen LogP contribution >= 0.6 is 0 Å². The number of aliphatic imine (C=N–C) groups is 1. The van der Waals surface area contributed by atoms with Gasteiger partial charge in [0.05, 0.1) is 11.4 Å². The maximum atomic E-state index is 13.0. The highest BCUT2D eigenvalue weighted by Crippen LogP contribution is 2.36. The Hall–Kier alpha value is -3.24. The third-order valence-electron chi connectivity index (χ3n) is 6.42. The van der Waals surface area contributed by atoms with E-state index in [9.17, 15) is 4.79 Å². The summed E-state index contributed by atoms with van der Waals surface area (Å²) in [5, 5.41) is 3.05. The zero-order chi connectivity index (χ0) is 21.9. The average molecular weight is 424 g/mol. The van der Waals surface area contributed by atoms with E-state index >= 15 is 0 Å². The summed E-state index contributed by atoms with van der Waals surface area (Å²) >= 11 is 0. The molecule has 32 heavy (non-hydrogen) atoms. The van der Waals surface area contributed by atoms with E-state index in [0.29, 0.717) is 0 Å². The highest BCUT2D eigenvalue weighted by Gasteiger charge is 2.35. The number of carbonyl (C=O) groups excluding carboxylic acids is 1. The Morgan fingerprint density at radius 2 is 1.72 bits per heavy atom. The summed E-state index contributed by atoms with van der Waals surface area (Å²) in [6.07, 6.45) is 3.95. The van der Waals surface area contributed by atoms with Crippen molar-refractivity contribution in [2.45, 2.75) is 38.6 Å². The SMILES string of the molecule is Cc1ccc2c(c1)NC(=O)C2C(=Nc1ccc(CN2CCCCC2)cc1)c1ccccc1. The van der Waals surface area contributed by atoms with Gasteiger partial charge >= 0.3 is 0 Å². The minimum Gasteiger partial charge on any atom is -0.325 e. The molecule has 0 saturated carbocycles. The number of carbonyl (C=O) groups is 1. The number of piperidine rings is 1. The fraction of sp³-hybridized carbons (Fsp3) is 0.286. The average Bonchev–Trinajstić information content (AvgIpc) is 3.14. The summed E-state index contributed by atoms with van der Waals surface area (Å²) < 4.78 is 0. The number of rotatable bonds is 5. The highest BCUT2D eigenvalue weighted by atomic mass is 16.2. The molecular formula is C28H29N3O. The van der Waals surface area contributed by atoms with E-state index < -0.39 is 5.92 Å². The van der Waals surface area contributed by atoms with Gasteiger partial charge in [0.2, 0.25) is 5.91 Å². The number of hydrogen-bond acceptors (Lipinski definition) is 3. The van der Waals surface area contributed by atoms with Crippen LogP contribution in [0.15, 0.2) is 77.8 Å². The molecular weight excluding hydrogens is 394 g/mol. The minimum atomic E-state index is -0.416. The molecule has 0 radical (unpaired) electrons. The van der Waals surface area contributed by atoms with Crippen molar-refractivity contribution in [1.82, 2.24) is 4.90 Å². The zero-order valence-corrected chi connectivity index (χ0v) is 18.6. The van der Waals surface area contributed by atoms with Gasteiger partial charge in [-0.3, -0.25) is 14.7 Å². The lowest BCUT2D eigenvalue weighted by Crippen LogP contribution is -2.28. The summed E-state index contributed by atoms with van der Waals surface area (Å²) in [6, 6.07) is 24.7. The van der Waals surface area contributed by atoms with Gasteiger partial charge in [0.15, 0.2) is 0 Å². The third kappa shape index (κ3) is 4.37. The van der Waals surface area contributed by atoms with E-state index in [-0.39, 0.29) is 5.91 Å². The smallest absolute Gasteiger partial charge is 0.238 e. The van der Waals surface area contributed by atoms with Crippen molar-refractivity contribution in [3.05, 3.63) is 95.1 Å². The van der Waals surface area contributed by atoms with Crippen LogP contribution in [-0.2, 0) is 11.3 Å². The van der Waals surface area contributed by atoms with Gasteiger partial charge in [0.25, 0.3) is 0 Å². The van der Waals surface area contributed by atoms with Gasteiger partial charge in [-0.05, 0) is 73.3 Å². The Labute approximate surface area is 190 Å². The molecule has 0 aliphatic carbocycles. The monoisotopic (exact) mass is 423 g/mol. The molecule has 0 bridgehead atoms. The first-order chi connectivity index (χ1) is 15.7. The van der Waals surface area contributed by atoms with Gasteiger partial charge < -0.3 is 5.32 Å². The molecule has 0 spiro atoms. The quantitative estimate of drug-likeness (QED) is 0.524. The lowest BCUT2D eigenvalue weighted by molar-refractivity contribution is -0.115. The largest absolute Gasteiger partial charge is 0.325 e. The van der Waals surface area contributed by atoms with Crippen molar-refractivity contribution < 1.29 is 4.79 Å². The van der Waals surface area contributed by atoms with E-state index in [1.807, 2.05) is 49.4 Å². The summed E-state index contributed by atoms with van der Waals surface area (Å²) in [6.45, 7) is 5.41. The van der Waals surface area contributed by atoms with Crippen LogP contribution in [0.1, 0.15) is 47.4 Å². The van der Waals surface area contributed by atoms with Gasteiger partial charge in [0.1, 0.15) is 5.92 Å². The van der Waals surface area contributed by atoms with Gasteiger partial charge in [-0.2, -0.15) is 0 Å². The molecule has 5 rings (SSSR count). The molecule has 1 unspecified atom stereocenters. The highest BCUT2D eigenvalue weighted by molar-refractivity contribution is 6.24. The van der Waals surface area contributed by atoms with Crippen LogP contribution in [0.2, 0.25) is 0 Å². The second-order valence-electron chi connectivity index (χ2n) is 8.88. The fourth-order valence-electron chi connectivity index (χ4n) is 4.74. The lowest BCUT2D eigenvalue weighted by Gasteiger charge is -2.26. The fourth-order valence-corrected chi connectivity index (χ4v) is 4.74. The Morgan fingerprint density at radius 1 is 0.969 bits per heavy atom. The zero-order valence-electron chi connectivity index (χ0n) is 18.6. The van der Waals surface area contributed by atoms with E-state index in [1.54, 1.807) is 0 Å². The number of aryl methyl sites for hydroxylation is 1. The first-order valence-electron chi connectivity index (χ1n) is 11.5. The number of anilines is 1. The van der Waals surface area contributed by atoms with Crippen molar-refractivity contribution in [2.75, 3.05) is 18.4 Å². The van der Waals surface area contributed by atoms with E-state index in [1.165, 1.54) is 37.9 Å². The molecule has 1 fully saturated rings. The van der Waals surface area contributed by atoms with Crippen molar-refractivity contribution in [2.24, 2.45) is 4.99 Å². The molecule has 4 nitrogen and oxygen atoms in total. The molecule has 2 heterocycles. The number of nitrogens with zero attached hydrogens (tertiary/aromatic N) is 2. The lowest BCUT2D eigenvalue weighted by atomic mass is 9.90. The minimum absolute atomic E-state index is 0.0186. The molecule has 2 aliphatic rings. The molecule has 1 saturated heterocycles. The predicted molar refractivity (Wildman–Crippen MR) is 131 cm³/mol. The third-order valence-corrected chi connectivity index (χ3v) is 6.42. The van der Waals surface area contributed by atoms with E-state index in [2.05, 4.69) is 40.5 Å². The van der Waals surface area contributed by atoms with Gasteiger partial charge in [-0.1, -0.05) is 61.0 Å². The summed E-state index contributed by atoms with van der Waals surface area (Å²) in [4.78, 5) is 20.6.